The highest BCUT2D eigenvalue weighted by Crippen LogP contribution is 2.28. The molecule has 0 N–H and O–H groups in total. The molecule has 1 aromatic rings. The van der Waals surface area contributed by atoms with Crippen molar-refractivity contribution in [3.8, 4) is 6.07 Å². The summed E-state index contributed by atoms with van der Waals surface area (Å²) >= 11 is 0. The second-order valence-electron chi connectivity index (χ2n) is 5.46. The first-order valence-corrected chi connectivity index (χ1v) is 6.79. The van der Waals surface area contributed by atoms with Crippen LogP contribution in [0.1, 0.15) is 32.6 Å². The first kappa shape index (κ1) is 13.6. The molecule has 2 heterocycles. The lowest BCUT2D eigenvalue weighted by molar-refractivity contribution is -0.133. The second-order valence-corrected chi connectivity index (χ2v) is 5.46. The topological polar surface area (TPSA) is 61.9 Å². The molecule has 1 amide bonds. The van der Waals surface area contributed by atoms with E-state index in [1.54, 1.807) is 6.20 Å². The first-order chi connectivity index (χ1) is 9.13. The molecule has 102 valence electrons. The number of nitrogens with zero attached hydrogens (tertiary/aromatic N) is 4. The van der Waals surface area contributed by atoms with Crippen LogP contribution in [0.4, 0.5) is 0 Å². The molecule has 0 bridgehead atoms. The third kappa shape index (κ3) is 3.57. The number of hydrogen-bond donors (Lipinski definition) is 0. The van der Waals surface area contributed by atoms with Crippen LogP contribution in [0.5, 0.6) is 0 Å². The highest BCUT2D eigenvalue weighted by molar-refractivity contribution is 5.76. The molecule has 1 saturated heterocycles. The van der Waals surface area contributed by atoms with Crippen molar-refractivity contribution in [2.45, 2.75) is 39.2 Å². The monoisotopic (exact) mass is 260 g/mol. The zero-order valence-electron chi connectivity index (χ0n) is 11.4. The third-order valence-corrected chi connectivity index (χ3v) is 3.66. The molecule has 1 atom stereocenters. The normalized spacial score (nSPS) is 23.1. The van der Waals surface area contributed by atoms with E-state index < -0.39 is 0 Å². The second kappa shape index (κ2) is 5.87. The van der Waals surface area contributed by atoms with Crippen molar-refractivity contribution in [3.05, 3.63) is 18.5 Å². The summed E-state index contributed by atoms with van der Waals surface area (Å²) < 4.78 is 1.84. The fraction of sp³-hybridized carbons (Fsp3) is 0.643. The lowest BCUT2D eigenvalue weighted by Gasteiger charge is -2.36. The van der Waals surface area contributed by atoms with Crippen LogP contribution in [-0.2, 0) is 11.3 Å². The summed E-state index contributed by atoms with van der Waals surface area (Å²) in [5.41, 5.74) is -0.365. The van der Waals surface area contributed by atoms with Crippen LogP contribution >= 0.6 is 0 Å². The van der Waals surface area contributed by atoms with E-state index in [-0.39, 0.29) is 11.3 Å². The molecule has 0 spiro atoms. The van der Waals surface area contributed by atoms with Gasteiger partial charge in [-0.25, -0.2) is 0 Å². The Bertz CT molecular complexity index is 462. The molecule has 5 heteroatoms. The van der Waals surface area contributed by atoms with Crippen molar-refractivity contribution in [1.82, 2.24) is 14.7 Å². The Kier molecular flexibility index (Phi) is 4.20. The molecule has 0 aromatic carbocycles. The van der Waals surface area contributed by atoms with E-state index in [1.807, 2.05) is 28.8 Å². The number of piperidine rings is 1. The number of carbonyl (C=O) groups excluding carboxylic acids is 1. The lowest BCUT2D eigenvalue weighted by atomic mass is 9.83. The Hall–Kier alpha value is -1.83. The van der Waals surface area contributed by atoms with E-state index in [0.717, 1.165) is 32.4 Å². The van der Waals surface area contributed by atoms with Gasteiger partial charge in [-0.2, -0.15) is 10.4 Å². The fourth-order valence-corrected chi connectivity index (χ4v) is 2.53. The summed E-state index contributed by atoms with van der Waals surface area (Å²) in [6, 6.07) is 4.22. The predicted octanol–water partition coefficient (Wildman–Crippen LogP) is 1.82. The number of amides is 1. The van der Waals surface area contributed by atoms with E-state index in [9.17, 15) is 4.79 Å². The maximum absolute atomic E-state index is 12.1. The molecule has 1 fully saturated rings. The molecule has 2 rings (SSSR count). The van der Waals surface area contributed by atoms with Gasteiger partial charge in [0.05, 0.1) is 11.5 Å². The van der Waals surface area contributed by atoms with Crippen LogP contribution in [0, 0.1) is 16.7 Å². The van der Waals surface area contributed by atoms with Gasteiger partial charge in [-0.3, -0.25) is 9.48 Å². The van der Waals surface area contributed by atoms with Gasteiger partial charge in [-0.15, -0.1) is 0 Å². The minimum absolute atomic E-state index is 0.160. The molecular formula is C14H20N4O. The minimum atomic E-state index is -0.365. The van der Waals surface area contributed by atoms with E-state index in [1.165, 1.54) is 0 Å². The Morgan fingerprint density at radius 3 is 3.11 bits per heavy atom. The smallest absolute Gasteiger partial charge is 0.222 e. The fourth-order valence-electron chi connectivity index (χ4n) is 2.53. The number of hydrogen-bond acceptors (Lipinski definition) is 3. The van der Waals surface area contributed by atoms with E-state index in [0.29, 0.717) is 13.0 Å². The van der Waals surface area contributed by atoms with Crippen LogP contribution in [0.3, 0.4) is 0 Å². The zero-order valence-corrected chi connectivity index (χ0v) is 11.4. The Morgan fingerprint density at radius 2 is 2.42 bits per heavy atom. The van der Waals surface area contributed by atoms with Crippen LogP contribution in [-0.4, -0.2) is 33.7 Å². The Morgan fingerprint density at radius 1 is 1.58 bits per heavy atom. The molecule has 0 radical (unpaired) electrons. The van der Waals surface area contributed by atoms with Gasteiger partial charge in [0.1, 0.15) is 0 Å². The molecule has 1 aromatic heterocycles. The molecule has 19 heavy (non-hydrogen) atoms. The average Bonchev–Trinajstić information content (AvgIpc) is 2.92. The quantitative estimate of drug-likeness (QED) is 0.829. The summed E-state index contributed by atoms with van der Waals surface area (Å²) in [5, 5.41) is 13.3. The maximum atomic E-state index is 12.1. The van der Waals surface area contributed by atoms with Crippen molar-refractivity contribution < 1.29 is 4.79 Å². The number of rotatable bonds is 4. The summed E-state index contributed by atoms with van der Waals surface area (Å²) in [4.78, 5) is 14.0. The molecule has 0 aliphatic carbocycles. The van der Waals surface area contributed by atoms with Crippen LogP contribution < -0.4 is 0 Å². The van der Waals surface area contributed by atoms with Gasteiger partial charge in [0.25, 0.3) is 0 Å². The summed E-state index contributed by atoms with van der Waals surface area (Å²) in [5.74, 6) is 0.160. The molecular weight excluding hydrogens is 240 g/mol. The highest BCUT2D eigenvalue weighted by atomic mass is 16.2. The van der Waals surface area contributed by atoms with E-state index >= 15 is 0 Å². The van der Waals surface area contributed by atoms with Gasteiger partial charge in [0.15, 0.2) is 0 Å². The average molecular weight is 260 g/mol. The number of nitriles is 1. The van der Waals surface area contributed by atoms with Gasteiger partial charge in [0, 0.05) is 38.4 Å². The predicted molar refractivity (Wildman–Crippen MR) is 71.0 cm³/mol. The Labute approximate surface area is 113 Å². The van der Waals surface area contributed by atoms with E-state index in [2.05, 4.69) is 11.2 Å². The number of carbonyl (C=O) groups is 1. The molecule has 1 aliphatic rings. The SMILES string of the molecule is C[C@]1(C#N)CCCN(C(=O)CCCn2cccn2)C1. The molecule has 5 nitrogen and oxygen atoms in total. The largest absolute Gasteiger partial charge is 0.341 e. The standard InChI is InChI=1S/C14H20N4O/c1-14(11-15)6-3-8-17(12-14)13(19)5-2-9-18-10-4-7-16-18/h4,7,10H,2-3,5-6,8-9,12H2,1H3/t14-/m1/s1. The van der Waals surface area contributed by atoms with Gasteiger partial charge in [-0.1, -0.05) is 0 Å². The van der Waals surface area contributed by atoms with Crippen LogP contribution in [0.25, 0.3) is 0 Å². The van der Waals surface area contributed by atoms with Crippen molar-refractivity contribution >= 4 is 5.91 Å². The van der Waals surface area contributed by atoms with Crippen LogP contribution in [0.2, 0.25) is 0 Å². The summed E-state index contributed by atoms with van der Waals surface area (Å²) in [7, 11) is 0. The van der Waals surface area contributed by atoms with Gasteiger partial charge >= 0.3 is 0 Å². The highest BCUT2D eigenvalue weighted by Gasteiger charge is 2.32. The van der Waals surface area contributed by atoms with Crippen molar-refractivity contribution in [1.29, 1.82) is 5.26 Å². The van der Waals surface area contributed by atoms with Crippen molar-refractivity contribution in [3.63, 3.8) is 0 Å². The number of aryl methyl sites for hydroxylation is 1. The minimum Gasteiger partial charge on any atom is -0.341 e. The van der Waals surface area contributed by atoms with Crippen molar-refractivity contribution in [2.24, 2.45) is 5.41 Å². The van der Waals surface area contributed by atoms with E-state index in [4.69, 9.17) is 5.26 Å². The van der Waals surface area contributed by atoms with Gasteiger partial charge in [0.2, 0.25) is 5.91 Å². The molecule has 1 aliphatic heterocycles. The van der Waals surface area contributed by atoms with Crippen molar-refractivity contribution in [2.75, 3.05) is 13.1 Å². The van der Waals surface area contributed by atoms with Gasteiger partial charge < -0.3 is 4.90 Å². The summed E-state index contributed by atoms with van der Waals surface area (Å²) in [6.07, 6.45) is 6.78. The maximum Gasteiger partial charge on any atom is 0.222 e. The zero-order chi connectivity index (χ0) is 13.7. The number of likely N-dealkylation sites (tertiary alicyclic amines) is 1. The summed E-state index contributed by atoms with van der Waals surface area (Å²) in [6.45, 7) is 4.07. The lowest BCUT2D eigenvalue weighted by Crippen LogP contribution is -2.44. The third-order valence-electron chi connectivity index (χ3n) is 3.66. The number of aromatic nitrogens is 2. The Balaban J connectivity index is 1.78. The molecule has 0 saturated carbocycles. The first-order valence-electron chi connectivity index (χ1n) is 6.79. The molecule has 0 unspecified atom stereocenters. The van der Waals surface area contributed by atoms with Crippen LogP contribution in [0.15, 0.2) is 18.5 Å². The van der Waals surface area contributed by atoms with Gasteiger partial charge in [-0.05, 0) is 32.3 Å².